The number of para-hydroxylation sites is 1. The Morgan fingerprint density at radius 1 is 1.04 bits per heavy atom. The number of aryl methyl sites for hydroxylation is 1. The quantitative estimate of drug-likeness (QED) is 0.444. The highest BCUT2D eigenvalue weighted by molar-refractivity contribution is 5.83. The highest BCUT2D eigenvalue weighted by Gasteiger charge is 2.08. The van der Waals surface area contributed by atoms with Gasteiger partial charge in [0, 0.05) is 41.5 Å². The van der Waals surface area contributed by atoms with Gasteiger partial charge in [-0.1, -0.05) is 18.2 Å². The fourth-order valence-corrected chi connectivity index (χ4v) is 3.09. The standard InChI is InChI=1S/C21H19F2N5/c1-13-10-20(24-9-8-14-12-25-18-5-3-2-4-16(14)18)28-21(26-13)27-19-7-6-15(22)11-17(19)23/h2-7,10-12,25H,8-9H2,1H3,(H2,24,26,27,28). The van der Waals surface area contributed by atoms with Gasteiger partial charge in [-0.25, -0.2) is 13.8 Å². The molecular weight excluding hydrogens is 360 g/mol. The van der Waals surface area contributed by atoms with E-state index in [9.17, 15) is 8.78 Å². The molecule has 0 aliphatic heterocycles. The number of halogens is 2. The number of fused-ring (bicyclic) bond motifs is 1. The van der Waals surface area contributed by atoms with E-state index in [4.69, 9.17) is 0 Å². The summed E-state index contributed by atoms with van der Waals surface area (Å²) in [7, 11) is 0. The van der Waals surface area contributed by atoms with Gasteiger partial charge >= 0.3 is 0 Å². The van der Waals surface area contributed by atoms with Crippen LogP contribution < -0.4 is 10.6 Å². The Bertz CT molecular complexity index is 1120. The first-order valence-corrected chi connectivity index (χ1v) is 8.95. The summed E-state index contributed by atoms with van der Waals surface area (Å²) in [4.78, 5) is 11.9. The predicted octanol–water partition coefficient (Wildman–Crippen LogP) is 4.94. The van der Waals surface area contributed by atoms with Gasteiger partial charge in [-0.05, 0) is 37.1 Å². The van der Waals surface area contributed by atoms with Gasteiger partial charge in [0.05, 0.1) is 5.69 Å². The summed E-state index contributed by atoms with van der Waals surface area (Å²) in [6.45, 7) is 2.52. The lowest BCUT2D eigenvalue weighted by Gasteiger charge is -2.10. The maximum atomic E-state index is 13.8. The monoisotopic (exact) mass is 379 g/mol. The third kappa shape index (κ3) is 3.93. The van der Waals surface area contributed by atoms with Crippen molar-refractivity contribution >= 4 is 28.4 Å². The van der Waals surface area contributed by atoms with Crippen LogP contribution in [0.4, 0.5) is 26.2 Å². The molecule has 0 bridgehead atoms. The first kappa shape index (κ1) is 17.9. The van der Waals surface area contributed by atoms with E-state index in [1.54, 1.807) is 0 Å². The lowest BCUT2D eigenvalue weighted by Crippen LogP contribution is -2.09. The van der Waals surface area contributed by atoms with Gasteiger partial charge in [0.15, 0.2) is 0 Å². The Morgan fingerprint density at radius 2 is 1.89 bits per heavy atom. The number of nitrogens with zero attached hydrogens (tertiary/aromatic N) is 2. The molecule has 28 heavy (non-hydrogen) atoms. The van der Waals surface area contributed by atoms with Gasteiger partial charge in [-0.3, -0.25) is 0 Å². The van der Waals surface area contributed by atoms with Crippen LogP contribution in [0.2, 0.25) is 0 Å². The molecule has 2 aromatic heterocycles. The van der Waals surface area contributed by atoms with Crippen molar-refractivity contribution in [1.82, 2.24) is 15.0 Å². The largest absolute Gasteiger partial charge is 0.370 e. The zero-order chi connectivity index (χ0) is 19.5. The summed E-state index contributed by atoms with van der Waals surface area (Å²) < 4.78 is 26.9. The molecule has 0 aliphatic rings. The average Bonchev–Trinajstić information content (AvgIpc) is 3.07. The molecule has 0 amide bonds. The minimum Gasteiger partial charge on any atom is -0.370 e. The molecule has 0 saturated heterocycles. The molecule has 0 aliphatic carbocycles. The molecule has 0 saturated carbocycles. The lowest BCUT2D eigenvalue weighted by atomic mass is 10.1. The Labute approximate surface area is 160 Å². The summed E-state index contributed by atoms with van der Waals surface area (Å²) in [5, 5.41) is 7.29. The molecule has 142 valence electrons. The van der Waals surface area contributed by atoms with Crippen molar-refractivity contribution in [2.24, 2.45) is 0 Å². The zero-order valence-corrected chi connectivity index (χ0v) is 15.3. The number of anilines is 3. The second kappa shape index (κ2) is 7.64. The third-order valence-electron chi connectivity index (χ3n) is 4.41. The SMILES string of the molecule is Cc1cc(NCCc2c[nH]c3ccccc23)nc(Nc2ccc(F)cc2F)n1. The fourth-order valence-electron chi connectivity index (χ4n) is 3.09. The molecule has 2 aromatic carbocycles. The molecule has 0 atom stereocenters. The molecule has 2 heterocycles. The number of nitrogens with one attached hydrogen (secondary N) is 3. The second-order valence-electron chi connectivity index (χ2n) is 6.50. The number of benzene rings is 2. The summed E-state index contributed by atoms with van der Waals surface area (Å²) in [5.74, 6) is -0.440. The highest BCUT2D eigenvalue weighted by atomic mass is 19.1. The third-order valence-corrected chi connectivity index (χ3v) is 4.41. The van der Waals surface area contributed by atoms with E-state index in [1.807, 2.05) is 37.4 Å². The summed E-state index contributed by atoms with van der Waals surface area (Å²) >= 11 is 0. The van der Waals surface area contributed by atoms with Gasteiger partial charge in [-0.2, -0.15) is 4.98 Å². The van der Waals surface area contributed by atoms with Gasteiger partial charge in [0.1, 0.15) is 17.5 Å². The van der Waals surface area contributed by atoms with Crippen molar-refractivity contribution in [2.75, 3.05) is 17.2 Å². The second-order valence-corrected chi connectivity index (χ2v) is 6.50. The maximum absolute atomic E-state index is 13.8. The van der Waals surface area contributed by atoms with Crippen LogP contribution in [0.5, 0.6) is 0 Å². The average molecular weight is 379 g/mol. The van der Waals surface area contributed by atoms with Gasteiger partial charge in [-0.15, -0.1) is 0 Å². The minimum absolute atomic E-state index is 0.122. The van der Waals surface area contributed by atoms with Crippen LogP contribution in [0, 0.1) is 18.6 Å². The Kier molecular flexibility index (Phi) is 4.89. The van der Waals surface area contributed by atoms with Crippen LogP contribution in [0.3, 0.4) is 0 Å². The lowest BCUT2D eigenvalue weighted by molar-refractivity contribution is 0.586. The van der Waals surface area contributed by atoms with E-state index < -0.39 is 11.6 Å². The Hall–Kier alpha value is -3.48. The van der Waals surface area contributed by atoms with Crippen LogP contribution in [0.15, 0.2) is 54.7 Å². The molecule has 4 rings (SSSR count). The van der Waals surface area contributed by atoms with Crippen LogP contribution in [-0.4, -0.2) is 21.5 Å². The smallest absolute Gasteiger partial charge is 0.229 e. The van der Waals surface area contributed by atoms with E-state index >= 15 is 0 Å². The molecular formula is C21H19F2N5. The zero-order valence-electron chi connectivity index (χ0n) is 15.3. The van der Waals surface area contributed by atoms with Gasteiger partial charge < -0.3 is 15.6 Å². The molecule has 4 aromatic rings. The normalized spacial score (nSPS) is 11.0. The molecule has 0 unspecified atom stereocenters. The maximum Gasteiger partial charge on any atom is 0.229 e. The molecule has 0 spiro atoms. The molecule has 5 nitrogen and oxygen atoms in total. The van der Waals surface area contributed by atoms with Crippen molar-refractivity contribution < 1.29 is 8.78 Å². The number of H-pyrrole nitrogens is 1. The molecule has 0 fully saturated rings. The number of hydrogen-bond donors (Lipinski definition) is 3. The van der Waals surface area contributed by atoms with Crippen molar-refractivity contribution in [3.05, 3.63) is 77.6 Å². The summed E-state index contributed by atoms with van der Waals surface area (Å²) in [5.41, 5.74) is 3.19. The highest BCUT2D eigenvalue weighted by Crippen LogP contribution is 2.21. The molecule has 3 N–H and O–H groups in total. The molecule has 0 radical (unpaired) electrons. The van der Waals surface area contributed by atoms with E-state index in [0.29, 0.717) is 12.4 Å². The van der Waals surface area contributed by atoms with Crippen molar-refractivity contribution in [2.45, 2.75) is 13.3 Å². The molecule has 7 heteroatoms. The minimum atomic E-state index is -0.695. The van der Waals surface area contributed by atoms with Crippen molar-refractivity contribution in [1.29, 1.82) is 0 Å². The fraction of sp³-hybridized carbons (Fsp3) is 0.143. The first-order valence-electron chi connectivity index (χ1n) is 8.95. The topological polar surface area (TPSA) is 65.6 Å². The van der Waals surface area contributed by atoms with E-state index in [2.05, 4.69) is 31.7 Å². The van der Waals surface area contributed by atoms with Gasteiger partial charge in [0.25, 0.3) is 0 Å². The van der Waals surface area contributed by atoms with E-state index in [0.717, 1.165) is 23.7 Å². The van der Waals surface area contributed by atoms with Crippen LogP contribution in [0.1, 0.15) is 11.3 Å². The van der Waals surface area contributed by atoms with E-state index in [-0.39, 0.29) is 11.6 Å². The first-order chi connectivity index (χ1) is 13.6. The summed E-state index contributed by atoms with van der Waals surface area (Å²) in [6, 6.07) is 13.3. The van der Waals surface area contributed by atoms with E-state index in [1.165, 1.54) is 23.1 Å². The number of rotatable bonds is 6. The number of aromatic amines is 1. The Balaban J connectivity index is 1.45. The predicted molar refractivity (Wildman–Crippen MR) is 107 cm³/mol. The Morgan fingerprint density at radius 3 is 2.75 bits per heavy atom. The number of aromatic nitrogens is 3. The van der Waals surface area contributed by atoms with Crippen molar-refractivity contribution in [3.8, 4) is 0 Å². The van der Waals surface area contributed by atoms with Crippen LogP contribution in [0.25, 0.3) is 10.9 Å². The summed E-state index contributed by atoms with van der Waals surface area (Å²) in [6.07, 6.45) is 2.84. The van der Waals surface area contributed by atoms with Crippen molar-refractivity contribution in [3.63, 3.8) is 0 Å². The van der Waals surface area contributed by atoms with Crippen LogP contribution >= 0.6 is 0 Å². The van der Waals surface area contributed by atoms with Gasteiger partial charge in [0.2, 0.25) is 5.95 Å². The van der Waals surface area contributed by atoms with Crippen LogP contribution in [-0.2, 0) is 6.42 Å². The number of hydrogen-bond acceptors (Lipinski definition) is 4.